The largest absolute Gasteiger partial charge is 0.458 e. The van der Waals surface area contributed by atoms with Gasteiger partial charge in [0, 0.05) is 32.1 Å². The molecule has 2 heterocycles. The number of aliphatic hydroxyl groups is 1. The highest BCUT2D eigenvalue weighted by Crippen LogP contribution is 2.65. The third-order valence-electron chi connectivity index (χ3n) is 12.7. The summed E-state index contributed by atoms with van der Waals surface area (Å²) in [5.74, 6) is -7.35. The van der Waals surface area contributed by atoms with Crippen LogP contribution in [0.3, 0.4) is 0 Å². The molecule has 0 aromatic heterocycles. The first-order chi connectivity index (χ1) is 27.6. The monoisotopic (exact) mass is 876 g/mol. The molecule has 4 fully saturated rings. The quantitative estimate of drug-likeness (QED) is 0.119. The summed E-state index contributed by atoms with van der Waals surface area (Å²) in [5, 5.41) is 13.7. The zero-order valence-electron chi connectivity index (χ0n) is 32.9. The summed E-state index contributed by atoms with van der Waals surface area (Å²) in [6, 6.07) is 16.8. The van der Waals surface area contributed by atoms with Crippen LogP contribution in [0, 0.1) is 16.7 Å². The van der Waals surface area contributed by atoms with Gasteiger partial charge in [0.2, 0.25) is 0 Å². The number of hydrogen-bond acceptors (Lipinski definition) is 14. The second-order valence-corrected chi connectivity index (χ2v) is 18.7. The molecule has 11 atom stereocenters. The lowest BCUT2D eigenvalue weighted by Crippen LogP contribution is -2.82. The Hall–Kier alpha value is -4.05. The molecule has 0 radical (unpaired) electrons. The normalized spacial score (nSPS) is 35.6. The molecule has 2 aliphatic heterocycles. The van der Waals surface area contributed by atoms with Crippen LogP contribution in [-0.4, -0.2) is 99.0 Å². The van der Waals surface area contributed by atoms with Gasteiger partial charge in [0.15, 0.2) is 23.6 Å². The molecule has 17 heteroatoms. The molecule has 2 aromatic carbocycles. The van der Waals surface area contributed by atoms with E-state index in [0.29, 0.717) is 0 Å². The number of fused-ring (bicyclic) bond motifs is 5. The van der Waals surface area contributed by atoms with E-state index in [1.807, 2.05) is 6.07 Å². The minimum absolute atomic E-state index is 0.0287. The number of hydrogen-bond donors (Lipinski definition) is 1. The van der Waals surface area contributed by atoms with Crippen molar-refractivity contribution in [1.29, 1.82) is 0 Å². The van der Waals surface area contributed by atoms with E-state index in [9.17, 15) is 29.1 Å². The molecule has 2 unspecified atom stereocenters. The second-order valence-electron chi connectivity index (χ2n) is 16.4. The Morgan fingerprint density at radius 1 is 0.864 bits per heavy atom. The smallest absolute Gasteiger partial charge is 0.358 e. The fourth-order valence-electron chi connectivity index (χ4n) is 9.76. The minimum atomic E-state index is -2.63. The number of rotatable bonds is 8. The Morgan fingerprint density at radius 2 is 1.49 bits per heavy atom. The van der Waals surface area contributed by atoms with Crippen molar-refractivity contribution in [1.82, 2.24) is 0 Å². The van der Waals surface area contributed by atoms with E-state index in [2.05, 4.69) is 0 Å². The lowest BCUT2D eigenvalue weighted by Gasteiger charge is -2.67. The lowest BCUT2D eigenvalue weighted by molar-refractivity contribution is -0.346. The van der Waals surface area contributed by atoms with Crippen molar-refractivity contribution in [2.24, 2.45) is 16.7 Å². The molecule has 0 amide bonds. The van der Waals surface area contributed by atoms with Gasteiger partial charge in [0.1, 0.15) is 36.1 Å². The van der Waals surface area contributed by atoms with Gasteiger partial charge in [-0.1, -0.05) is 97.2 Å². The molecular weight excluding hydrogens is 835 g/mol. The van der Waals surface area contributed by atoms with E-state index >= 15 is 4.79 Å². The number of epoxide rings is 1. The Balaban J connectivity index is 1.46. The third kappa shape index (κ3) is 7.13. The molecule has 2 aromatic rings. The van der Waals surface area contributed by atoms with Crippen LogP contribution in [-0.2, 0) is 57.1 Å². The van der Waals surface area contributed by atoms with Crippen LogP contribution in [0.4, 0.5) is 0 Å². The molecular formula is C42H43Cl3O14. The van der Waals surface area contributed by atoms with Crippen molar-refractivity contribution in [2.45, 2.75) is 112 Å². The molecule has 5 aliphatic rings. The number of carbonyl (C=O) groups excluding carboxylic acids is 6. The lowest BCUT2D eigenvalue weighted by atomic mass is 9.44. The van der Waals surface area contributed by atoms with E-state index in [0.717, 1.165) is 19.4 Å². The van der Waals surface area contributed by atoms with Crippen molar-refractivity contribution >= 4 is 70.4 Å². The van der Waals surface area contributed by atoms with Crippen molar-refractivity contribution in [3.8, 4) is 0 Å². The van der Waals surface area contributed by atoms with Crippen LogP contribution in [0.5, 0.6) is 0 Å². The van der Waals surface area contributed by atoms with E-state index in [1.54, 1.807) is 63.2 Å². The van der Waals surface area contributed by atoms with Crippen molar-refractivity contribution in [3.05, 3.63) is 82.9 Å². The maximum absolute atomic E-state index is 15.8. The predicted molar refractivity (Wildman–Crippen MR) is 207 cm³/mol. The first kappa shape index (κ1) is 43.1. The predicted octanol–water partition coefficient (Wildman–Crippen LogP) is 5.26. The maximum atomic E-state index is 15.8. The molecule has 0 spiro atoms. The Bertz CT molecular complexity index is 2100. The maximum Gasteiger partial charge on any atom is 0.358 e. The molecule has 1 N–H and O–H groups in total. The summed E-state index contributed by atoms with van der Waals surface area (Å²) in [4.78, 5) is 83.5. The van der Waals surface area contributed by atoms with Gasteiger partial charge in [-0.15, -0.1) is 0 Å². The summed E-state index contributed by atoms with van der Waals surface area (Å²) in [5.41, 5.74) is -6.94. The van der Waals surface area contributed by atoms with Crippen LogP contribution >= 0.6 is 34.8 Å². The molecule has 316 valence electrons. The molecule has 2 saturated carbocycles. The molecule has 3 aliphatic carbocycles. The molecule has 2 bridgehead atoms. The van der Waals surface area contributed by atoms with E-state index in [4.69, 9.17) is 68.0 Å². The van der Waals surface area contributed by atoms with E-state index < -0.39 is 117 Å². The number of ether oxygens (including phenoxy) is 7. The van der Waals surface area contributed by atoms with E-state index in [1.165, 1.54) is 19.1 Å². The van der Waals surface area contributed by atoms with Gasteiger partial charge >= 0.3 is 29.8 Å². The van der Waals surface area contributed by atoms with Gasteiger partial charge in [-0.2, -0.15) is 0 Å². The highest BCUT2D eigenvalue weighted by atomic mass is 35.6. The zero-order valence-corrected chi connectivity index (χ0v) is 35.2. The Labute approximate surface area is 354 Å². The second kappa shape index (κ2) is 15.1. The highest BCUT2D eigenvalue weighted by molar-refractivity contribution is 6.75. The van der Waals surface area contributed by atoms with Gasteiger partial charge in [-0.05, 0) is 42.7 Å². The van der Waals surface area contributed by atoms with Crippen LogP contribution in [0.1, 0.15) is 76.4 Å². The van der Waals surface area contributed by atoms with Crippen molar-refractivity contribution < 1.29 is 67.0 Å². The average Bonchev–Trinajstić information content (AvgIpc) is 3.97. The molecule has 14 nitrogen and oxygen atoms in total. The number of Topliss-reactive ketones (excluding diaryl/α,β-unsaturated/α-hetero) is 1. The van der Waals surface area contributed by atoms with E-state index in [-0.39, 0.29) is 29.7 Å². The van der Waals surface area contributed by atoms with Gasteiger partial charge in [-0.25, -0.2) is 14.4 Å². The van der Waals surface area contributed by atoms with Crippen LogP contribution < -0.4 is 0 Å². The van der Waals surface area contributed by atoms with Crippen LogP contribution in [0.15, 0.2) is 71.8 Å². The van der Waals surface area contributed by atoms with Crippen molar-refractivity contribution in [2.75, 3.05) is 6.61 Å². The highest BCUT2D eigenvalue weighted by Gasteiger charge is 2.79. The summed E-state index contributed by atoms with van der Waals surface area (Å²) >= 11 is 17.9. The summed E-state index contributed by atoms with van der Waals surface area (Å²) < 4.78 is 39.4. The Morgan fingerprint density at radius 3 is 2.05 bits per heavy atom. The number of benzene rings is 2. The average molecular weight is 878 g/mol. The molecule has 2 saturated heterocycles. The fourth-order valence-corrected chi connectivity index (χ4v) is 9.89. The SMILES string of the molecule is CC(=O)O[C@H]1C(=O)[C@@]2(C)C([C@H](OC(=O)c3ccccc3)[C@]3(O)CC(OC(=O)[C@@H]4O[C@@H]4c4ccccc4)C(C)=C1C3(C)C)[C@]1(OC(C)=O)CO[C@@H]1C[C@@H]2OC(=O)C(Cl)(Cl)Cl. The summed E-state index contributed by atoms with van der Waals surface area (Å²) in [6.45, 7) is 7.95. The molecule has 7 rings (SSSR count). The number of alkyl halides is 3. The van der Waals surface area contributed by atoms with Crippen LogP contribution in [0.25, 0.3) is 0 Å². The first-order valence-corrected chi connectivity index (χ1v) is 20.1. The number of ketones is 1. The number of carbonyl (C=O) groups is 6. The fraction of sp³-hybridized carbons (Fsp3) is 0.524. The van der Waals surface area contributed by atoms with Gasteiger partial charge < -0.3 is 38.3 Å². The van der Waals surface area contributed by atoms with Gasteiger partial charge in [-0.3, -0.25) is 14.4 Å². The number of halogens is 3. The topological polar surface area (TPSA) is 191 Å². The molecule has 59 heavy (non-hydrogen) atoms. The summed E-state index contributed by atoms with van der Waals surface area (Å²) in [6.07, 6.45) is -10.1. The minimum Gasteiger partial charge on any atom is -0.458 e. The van der Waals surface area contributed by atoms with Gasteiger partial charge in [0.25, 0.3) is 3.79 Å². The van der Waals surface area contributed by atoms with Crippen LogP contribution in [0.2, 0.25) is 0 Å². The van der Waals surface area contributed by atoms with Gasteiger partial charge in [0.05, 0.1) is 23.5 Å². The first-order valence-electron chi connectivity index (χ1n) is 19.0. The number of esters is 5. The van der Waals surface area contributed by atoms with Crippen molar-refractivity contribution in [3.63, 3.8) is 0 Å². The third-order valence-corrected chi connectivity index (χ3v) is 13.2. The summed E-state index contributed by atoms with van der Waals surface area (Å²) in [7, 11) is 0. The Kier molecular flexibility index (Phi) is 11.0. The zero-order chi connectivity index (χ0) is 43.0. The standard InChI is InChI=1S/C42H43Cl3O14/c1-20-25(55-36(50)31-29(57-31)23-13-9-7-10-14-23)18-41(52)34(58-35(49)24-15-11-8-12-16-24)32-39(6,33(48)30(54-21(2)46)28(20)38(41,4)5)26(56-37(51)42(43,44)45)17-27-40(32,19-53-27)59-22(3)47/h7-16,25-27,29-32,34,52H,17-19H2,1-6H3/t25?,26-,27+,29+,30+,31+,32?,34-,39+,40-,41+/m0/s1.